The van der Waals surface area contributed by atoms with Gasteiger partial charge in [0.1, 0.15) is 0 Å². The van der Waals surface area contributed by atoms with Crippen LogP contribution in [0.25, 0.3) is 0 Å². The number of piperazine rings is 1. The second-order valence-electron chi connectivity index (χ2n) is 4.64. The Balaban J connectivity index is 1.78. The Kier molecular flexibility index (Phi) is 4.53. The molecule has 1 aromatic heterocycles. The first kappa shape index (κ1) is 12.5. The highest BCUT2D eigenvalue weighted by molar-refractivity contribution is 4.97. The van der Waals surface area contributed by atoms with E-state index < -0.39 is 0 Å². The van der Waals surface area contributed by atoms with Gasteiger partial charge in [-0.05, 0) is 12.5 Å². The number of nitrogens with zero attached hydrogens (tertiary/aromatic N) is 3. The molecule has 1 aliphatic heterocycles. The van der Waals surface area contributed by atoms with Gasteiger partial charge in [0.05, 0.1) is 6.61 Å². The van der Waals surface area contributed by atoms with Gasteiger partial charge >= 0.3 is 0 Å². The number of nitrogens with one attached hydrogen (secondary N) is 1. The monoisotopic (exact) mass is 238 g/mol. The number of rotatable bonds is 5. The number of hydrogen-bond donors (Lipinski definition) is 2. The SMILES string of the molecule is CCC(CO)N1CCN(Cc2ccn[nH]2)CC1. The molecule has 0 bridgehead atoms. The van der Waals surface area contributed by atoms with E-state index in [-0.39, 0.29) is 6.61 Å². The van der Waals surface area contributed by atoms with Crippen LogP contribution >= 0.6 is 0 Å². The maximum Gasteiger partial charge on any atom is 0.0586 e. The fourth-order valence-corrected chi connectivity index (χ4v) is 2.40. The average Bonchev–Trinajstić information content (AvgIpc) is 2.86. The number of H-pyrrole nitrogens is 1. The normalized spacial score (nSPS) is 20.6. The zero-order valence-electron chi connectivity index (χ0n) is 10.5. The summed E-state index contributed by atoms with van der Waals surface area (Å²) in [4.78, 5) is 4.82. The first-order valence-electron chi connectivity index (χ1n) is 6.39. The van der Waals surface area contributed by atoms with Crippen LogP contribution in [0.15, 0.2) is 12.3 Å². The van der Waals surface area contributed by atoms with Crippen LogP contribution in [-0.2, 0) is 6.54 Å². The smallest absolute Gasteiger partial charge is 0.0586 e. The molecule has 1 aliphatic rings. The van der Waals surface area contributed by atoms with Crippen molar-refractivity contribution in [2.45, 2.75) is 25.9 Å². The van der Waals surface area contributed by atoms with Crippen LogP contribution < -0.4 is 0 Å². The molecule has 1 fully saturated rings. The summed E-state index contributed by atoms with van der Waals surface area (Å²) < 4.78 is 0. The van der Waals surface area contributed by atoms with Gasteiger partial charge in [-0.25, -0.2) is 0 Å². The fourth-order valence-electron chi connectivity index (χ4n) is 2.40. The van der Waals surface area contributed by atoms with Crippen LogP contribution in [0, 0.1) is 0 Å². The Hall–Kier alpha value is -0.910. The molecule has 2 N–H and O–H groups in total. The zero-order chi connectivity index (χ0) is 12.1. The fraction of sp³-hybridized carbons (Fsp3) is 0.750. The van der Waals surface area contributed by atoms with Gasteiger partial charge in [0.25, 0.3) is 0 Å². The molecule has 96 valence electrons. The van der Waals surface area contributed by atoms with Crippen LogP contribution in [0.5, 0.6) is 0 Å². The number of aliphatic hydroxyl groups excluding tert-OH is 1. The van der Waals surface area contributed by atoms with Crippen molar-refractivity contribution in [2.24, 2.45) is 0 Å². The molecule has 0 amide bonds. The van der Waals surface area contributed by atoms with Crippen molar-refractivity contribution in [3.05, 3.63) is 18.0 Å². The highest BCUT2D eigenvalue weighted by Gasteiger charge is 2.22. The van der Waals surface area contributed by atoms with Crippen molar-refractivity contribution < 1.29 is 5.11 Å². The van der Waals surface area contributed by atoms with Crippen molar-refractivity contribution in [2.75, 3.05) is 32.8 Å². The summed E-state index contributed by atoms with van der Waals surface area (Å²) in [6, 6.07) is 2.36. The minimum atomic E-state index is 0.275. The second-order valence-corrected chi connectivity index (χ2v) is 4.64. The Morgan fingerprint density at radius 3 is 2.71 bits per heavy atom. The lowest BCUT2D eigenvalue weighted by atomic mass is 10.1. The summed E-state index contributed by atoms with van der Waals surface area (Å²) in [6.07, 6.45) is 2.82. The molecule has 0 aliphatic carbocycles. The van der Waals surface area contributed by atoms with E-state index in [4.69, 9.17) is 0 Å². The van der Waals surface area contributed by atoms with Gasteiger partial charge in [-0.1, -0.05) is 6.92 Å². The van der Waals surface area contributed by atoms with E-state index in [2.05, 4.69) is 26.9 Å². The summed E-state index contributed by atoms with van der Waals surface area (Å²) in [5, 5.41) is 16.2. The van der Waals surface area contributed by atoms with Gasteiger partial charge in [0.15, 0.2) is 0 Å². The topological polar surface area (TPSA) is 55.4 Å². The molecule has 5 heteroatoms. The van der Waals surface area contributed by atoms with Gasteiger partial charge in [0, 0.05) is 50.7 Å². The Bertz CT molecular complexity index is 302. The molecule has 17 heavy (non-hydrogen) atoms. The van der Waals surface area contributed by atoms with Gasteiger partial charge in [0.2, 0.25) is 0 Å². The van der Waals surface area contributed by atoms with E-state index in [1.54, 1.807) is 6.20 Å². The summed E-state index contributed by atoms with van der Waals surface area (Å²) in [7, 11) is 0. The van der Waals surface area contributed by atoms with Crippen molar-refractivity contribution in [3.8, 4) is 0 Å². The molecule has 0 spiro atoms. The lowest BCUT2D eigenvalue weighted by Crippen LogP contribution is -2.50. The quantitative estimate of drug-likeness (QED) is 0.774. The van der Waals surface area contributed by atoms with E-state index in [9.17, 15) is 5.11 Å². The molecule has 1 saturated heterocycles. The third kappa shape index (κ3) is 3.28. The average molecular weight is 238 g/mol. The maximum absolute atomic E-state index is 9.28. The Labute approximate surface area is 102 Å². The van der Waals surface area contributed by atoms with Crippen LogP contribution in [0.1, 0.15) is 19.0 Å². The first-order chi connectivity index (χ1) is 8.33. The predicted octanol–water partition coefficient (Wildman–Crippen LogP) is 0.298. The van der Waals surface area contributed by atoms with Gasteiger partial charge < -0.3 is 5.11 Å². The lowest BCUT2D eigenvalue weighted by molar-refractivity contribution is 0.0603. The molecule has 0 radical (unpaired) electrons. The van der Waals surface area contributed by atoms with E-state index in [0.29, 0.717) is 6.04 Å². The Morgan fingerprint density at radius 2 is 2.18 bits per heavy atom. The highest BCUT2D eigenvalue weighted by Crippen LogP contribution is 2.10. The highest BCUT2D eigenvalue weighted by atomic mass is 16.3. The number of hydrogen-bond acceptors (Lipinski definition) is 4. The minimum absolute atomic E-state index is 0.275. The number of aromatic nitrogens is 2. The van der Waals surface area contributed by atoms with Crippen molar-refractivity contribution in [3.63, 3.8) is 0 Å². The van der Waals surface area contributed by atoms with E-state index in [1.807, 2.05) is 6.07 Å². The number of aromatic amines is 1. The molecule has 1 atom stereocenters. The molecule has 0 saturated carbocycles. The summed E-state index contributed by atoms with van der Waals surface area (Å²) >= 11 is 0. The predicted molar refractivity (Wildman–Crippen MR) is 66.6 cm³/mol. The van der Waals surface area contributed by atoms with Crippen molar-refractivity contribution >= 4 is 0 Å². The second kappa shape index (κ2) is 6.14. The van der Waals surface area contributed by atoms with Gasteiger partial charge in [-0.15, -0.1) is 0 Å². The molecular formula is C12H22N4O. The van der Waals surface area contributed by atoms with E-state index >= 15 is 0 Å². The van der Waals surface area contributed by atoms with E-state index in [0.717, 1.165) is 39.1 Å². The zero-order valence-corrected chi connectivity index (χ0v) is 10.5. The van der Waals surface area contributed by atoms with Crippen molar-refractivity contribution in [1.29, 1.82) is 0 Å². The van der Waals surface area contributed by atoms with Gasteiger partial charge in [-0.3, -0.25) is 14.9 Å². The van der Waals surface area contributed by atoms with E-state index in [1.165, 1.54) is 5.69 Å². The van der Waals surface area contributed by atoms with Crippen LogP contribution in [0.2, 0.25) is 0 Å². The number of aliphatic hydroxyl groups is 1. The molecule has 1 aromatic rings. The molecule has 2 rings (SSSR count). The van der Waals surface area contributed by atoms with Crippen LogP contribution in [-0.4, -0.2) is 63.9 Å². The van der Waals surface area contributed by atoms with Crippen molar-refractivity contribution in [1.82, 2.24) is 20.0 Å². The largest absolute Gasteiger partial charge is 0.395 e. The third-order valence-corrected chi connectivity index (χ3v) is 3.56. The first-order valence-corrected chi connectivity index (χ1v) is 6.39. The van der Waals surface area contributed by atoms with Gasteiger partial charge in [-0.2, -0.15) is 5.10 Å². The molecule has 0 aromatic carbocycles. The molecule has 5 nitrogen and oxygen atoms in total. The standard InChI is InChI=1S/C12H22N4O/c1-2-12(10-17)16-7-5-15(6-8-16)9-11-3-4-13-14-11/h3-4,12,17H,2,5-10H2,1H3,(H,13,14). The minimum Gasteiger partial charge on any atom is -0.395 e. The maximum atomic E-state index is 9.28. The van der Waals surface area contributed by atoms with Crippen LogP contribution in [0.4, 0.5) is 0 Å². The third-order valence-electron chi connectivity index (χ3n) is 3.56. The van der Waals surface area contributed by atoms with Crippen LogP contribution in [0.3, 0.4) is 0 Å². The molecule has 2 heterocycles. The summed E-state index contributed by atoms with van der Waals surface area (Å²) in [5.41, 5.74) is 1.17. The summed E-state index contributed by atoms with van der Waals surface area (Å²) in [5.74, 6) is 0. The Morgan fingerprint density at radius 1 is 1.41 bits per heavy atom. The summed E-state index contributed by atoms with van der Waals surface area (Å²) in [6.45, 7) is 7.59. The molecular weight excluding hydrogens is 216 g/mol. The lowest BCUT2D eigenvalue weighted by Gasteiger charge is -2.38. The molecule has 1 unspecified atom stereocenters.